The van der Waals surface area contributed by atoms with Gasteiger partial charge in [-0.05, 0) is 69.9 Å². The molecule has 5 heteroatoms. The molecule has 4 nitrogen and oxygen atoms in total. The van der Waals surface area contributed by atoms with Gasteiger partial charge in [-0.3, -0.25) is 4.98 Å². The molecular weight excluding hydrogens is 450 g/mol. The number of nitrogens with zero attached hydrogens (tertiary/aromatic N) is 1. The van der Waals surface area contributed by atoms with Crippen LogP contribution in [0, 0.1) is 0 Å². The summed E-state index contributed by atoms with van der Waals surface area (Å²) < 4.78 is 12.9. The van der Waals surface area contributed by atoms with E-state index in [1.54, 1.807) is 12.4 Å². The van der Waals surface area contributed by atoms with Crippen LogP contribution in [0.3, 0.4) is 0 Å². The van der Waals surface area contributed by atoms with E-state index in [4.69, 9.17) is 9.16 Å². The number of hydrogen-bond donors (Lipinski definition) is 1. The highest BCUT2D eigenvalue weighted by molar-refractivity contribution is 6.74. The largest absolute Gasteiger partial charge is 0.489 e. The Morgan fingerprint density at radius 3 is 2.29 bits per heavy atom. The van der Waals surface area contributed by atoms with Gasteiger partial charge in [0.2, 0.25) is 0 Å². The second kappa shape index (κ2) is 10.3. The zero-order chi connectivity index (χ0) is 25.1. The predicted octanol–water partition coefficient (Wildman–Crippen LogP) is 7.61. The van der Waals surface area contributed by atoms with Crippen molar-refractivity contribution in [1.29, 1.82) is 0 Å². The van der Waals surface area contributed by atoms with Crippen molar-refractivity contribution in [2.24, 2.45) is 0 Å². The van der Waals surface area contributed by atoms with E-state index in [-0.39, 0.29) is 5.04 Å². The van der Waals surface area contributed by atoms with Gasteiger partial charge in [0.1, 0.15) is 24.6 Å². The normalized spacial score (nSPS) is 14.0. The Hall–Kier alpha value is -2.99. The average molecular weight is 486 g/mol. The molecule has 0 spiro atoms. The van der Waals surface area contributed by atoms with Crippen molar-refractivity contribution in [3.63, 3.8) is 0 Å². The molecule has 0 radical (unpaired) electrons. The summed E-state index contributed by atoms with van der Waals surface area (Å²) in [5.41, 5.74) is 2.86. The van der Waals surface area contributed by atoms with Gasteiger partial charge in [0.05, 0.1) is 0 Å². The van der Waals surface area contributed by atoms with Gasteiger partial charge >= 0.3 is 0 Å². The van der Waals surface area contributed by atoms with Crippen LogP contribution in [0.15, 0.2) is 91.3 Å². The van der Waals surface area contributed by atoms with Gasteiger partial charge in [0, 0.05) is 12.4 Å². The van der Waals surface area contributed by atoms with E-state index >= 15 is 0 Å². The van der Waals surface area contributed by atoms with Crippen LogP contribution in [0.4, 0.5) is 0 Å². The van der Waals surface area contributed by atoms with Crippen molar-refractivity contribution >= 4 is 19.1 Å². The first-order chi connectivity index (χ1) is 16.7. The van der Waals surface area contributed by atoms with Crippen LogP contribution < -0.4 is 4.74 Å². The van der Waals surface area contributed by atoms with Crippen LogP contribution in [-0.2, 0) is 11.0 Å². The molecule has 0 aliphatic heterocycles. The smallest absolute Gasteiger partial charge is 0.193 e. The topological polar surface area (TPSA) is 51.6 Å². The van der Waals surface area contributed by atoms with Crippen molar-refractivity contribution in [3.8, 4) is 5.75 Å². The summed E-state index contributed by atoms with van der Waals surface area (Å²) in [6, 6.07) is 26.1. The molecular formula is C30H35NO3Si. The number of aliphatic hydroxyl groups is 1. The maximum atomic E-state index is 11.8. The van der Waals surface area contributed by atoms with Crippen molar-refractivity contribution in [2.75, 3.05) is 0 Å². The summed E-state index contributed by atoms with van der Waals surface area (Å²) in [4.78, 5) is 4.17. The van der Waals surface area contributed by atoms with Crippen LogP contribution in [0.5, 0.6) is 5.75 Å². The number of rotatable bonds is 8. The Labute approximate surface area is 209 Å². The van der Waals surface area contributed by atoms with Crippen molar-refractivity contribution in [3.05, 3.63) is 108 Å². The lowest BCUT2D eigenvalue weighted by atomic mass is 9.94. The molecule has 0 bridgehead atoms. The monoisotopic (exact) mass is 485 g/mol. The van der Waals surface area contributed by atoms with Crippen LogP contribution in [0.25, 0.3) is 10.8 Å². The van der Waals surface area contributed by atoms with Crippen LogP contribution in [0.1, 0.15) is 49.7 Å². The SMILES string of the molecule is CC(C)(C)[Si](C)(C)OC(c1ccncc1)C(O)c1cccc2ccc(OCc3ccccc3)cc12. The highest BCUT2D eigenvalue weighted by Gasteiger charge is 2.41. The van der Waals surface area contributed by atoms with Crippen molar-refractivity contribution in [2.45, 2.75) is 57.7 Å². The second-order valence-corrected chi connectivity index (χ2v) is 15.3. The number of hydrogen-bond acceptors (Lipinski definition) is 4. The number of aromatic nitrogens is 1. The number of benzene rings is 3. The van der Waals surface area contributed by atoms with Gasteiger partial charge in [0.15, 0.2) is 8.32 Å². The zero-order valence-electron chi connectivity index (χ0n) is 21.2. The fourth-order valence-electron chi connectivity index (χ4n) is 3.89. The second-order valence-electron chi connectivity index (χ2n) is 10.5. The minimum Gasteiger partial charge on any atom is -0.489 e. The van der Waals surface area contributed by atoms with E-state index in [1.807, 2.05) is 72.8 Å². The minimum absolute atomic E-state index is 0.00913. The lowest BCUT2D eigenvalue weighted by Crippen LogP contribution is -2.42. The summed E-state index contributed by atoms with van der Waals surface area (Å²) in [6.07, 6.45) is 2.16. The summed E-state index contributed by atoms with van der Waals surface area (Å²) >= 11 is 0. The molecule has 182 valence electrons. The first-order valence-electron chi connectivity index (χ1n) is 12.1. The number of fused-ring (bicyclic) bond motifs is 1. The Bertz CT molecular complexity index is 1250. The van der Waals surface area contributed by atoms with E-state index in [2.05, 4.69) is 44.9 Å². The maximum absolute atomic E-state index is 11.8. The molecule has 4 aromatic rings. The summed E-state index contributed by atoms with van der Waals surface area (Å²) in [5.74, 6) is 0.770. The van der Waals surface area contributed by atoms with Gasteiger partial charge in [-0.25, -0.2) is 0 Å². The minimum atomic E-state index is -2.18. The molecule has 1 heterocycles. The molecule has 1 aromatic heterocycles. The first-order valence-corrected chi connectivity index (χ1v) is 15.0. The number of ether oxygens (including phenoxy) is 1. The van der Waals surface area contributed by atoms with E-state index in [0.717, 1.165) is 33.2 Å². The van der Waals surface area contributed by atoms with Crippen molar-refractivity contribution in [1.82, 2.24) is 4.98 Å². The average Bonchev–Trinajstić information content (AvgIpc) is 2.85. The third-order valence-electron chi connectivity index (χ3n) is 7.00. The predicted molar refractivity (Wildman–Crippen MR) is 145 cm³/mol. The maximum Gasteiger partial charge on any atom is 0.193 e. The third kappa shape index (κ3) is 5.81. The molecule has 0 saturated heterocycles. The first kappa shape index (κ1) is 25.1. The quantitative estimate of drug-likeness (QED) is 0.261. The van der Waals surface area contributed by atoms with Crippen molar-refractivity contribution < 1.29 is 14.3 Å². The molecule has 0 aliphatic rings. The van der Waals surface area contributed by atoms with Gasteiger partial charge < -0.3 is 14.3 Å². The Kier molecular flexibility index (Phi) is 7.41. The highest BCUT2D eigenvalue weighted by atomic mass is 28.4. The summed E-state index contributed by atoms with van der Waals surface area (Å²) in [5, 5.41) is 13.8. The van der Waals surface area contributed by atoms with E-state index in [0.29, 0.717) is 6.61 Å². The molecule has 0 saturated carbocycles. The van der Waals surface area contributed by atoms with Crippen LogP contribution in [0.2, 0.25) is 18.1 Å². The third-order valence-corrected chi connectivity index (χ3v) is 11.5. The molecule has 2 atom stereocenters. The Morgan fingerprint density at radius 2 is 1.60 bits per heavy atom. The summed E-state index contributed by atoms with van der Waals surface area (Å²) in [7, 11) is -2.18. The summed E-state index contributed by atoms with van der Waals surface area (Å²) in [6.45, 7) is 11.6. The zero-order valence-corrected chi connectivity index (χ0v) is 22.2. The number of aliphatic hydroxyl groups excluding tert-OH is 1. The fourth-order valence-corrected chi connectivity index (χ4v) is 5.14. The van der Waals surface area contributed by atoms with E-state index in [1.165, 1.54) is 0 Å². The lowest BCUT2D eigenvalue weighted by molar-refractivity contribution is 0.0262. The Morgan fingerprint density at radius 1 is 0.886 bits per heavy atom. The van der Waals surface area contributed by atoms with Gasteiger partial charge in [-0.1, -0.05) is 75.4 Å². The standard InChI is InChI=1S/C30H35NO3Si/c1-30(2,3)35(4,5)34-29(24-16-18-31-19-17-24)28(32)26-13-9-12-23-14-15-25(20-27(23)26)33-21-22-10-7-6-8-11-22/h6-20,28-29,32H,21H2,1-5H3. The van der Waals surface area contributed by atoms with E-state index in [9.17, 15) is 5.11 Å². The van der Waals surface area contributed by atoms with Gasteiger partial charge in [-0.15, -0.1) is 0 Å². The molecule has 2 unspecified atom stereocenters. The molecule has 3 aromatic carbocycles. The molecule has 35 heavy (non-hydrogen) atoms. The number of pyridine rings is 1. The van der Waals surface area contributed by atoms with Crippen LogP contribution >= 0.6 is 0 Å². The molecule has 0 aliphatic carbocycles. The highest BCUT2D eigenvalue weighted by Crippen LogP contribution is 2.44. The molecule has 1 N–H and O–H groups in total. The van der Waals surface area contributed by atoms with E-state index < -0.39 is 20.5 Å². The van der Waals surface area contributed by atoms with Gasteiger partial charge in [0.25, 0.3) is 0 Å². The van der Waals surface area contributed by atoms with Crippen LogP contribution in [-0.4, -0.2) is 18.4 Å². The molecule has 0 amide bonds. The Balaban J connectivity index is 1.70. The molecule has 0 fully saturated rings. The molecule has 4 rings (SSSR count). The fraction of sp³-hybridized carbons (Fsp3) is 0.300. The van der Waals surface area contributed by atoms with Gasteiger partial charge in [-0.2, -0.15) is 0 Å². The lowest BCUT2D eigenvalue weighted by Gasteiger charge is -2.40.